The van der Waals surface area contributed by atoms with Crippen LogP contribution in [0.3, 0.4) is 0 Å². The van der Waals surface area contributed by atoms with Crippen molar-refractivity contribution in [3.63, 3.8) is 0 Å². The minimum Gasteiger partial charge on any atom is -0.486 e. The molecule has 1 aliphatic heterocycles. The van der Waals surface area contributed by atoms with Gasteiger partial charge in [-0.1, -0.05) is 29.4 Å². The van der Waals surface area contributed by atoms with Crippen molar-refractivity contribution in [3.8, 4) is 23.8 Å². The minimum absolute atomic E-state index is 0.0804. The highest BCUT2D eigenvalue weighted by atomic mass is 32.1. The molecule has 0 atom stereocenters. The Bertz CT molecular complexity index is 1220. The molecule has 0 spiro atoms. The largest absolute Gasteiger partial charge is 0.486 e. The molecule has 1 amide bonds. The topological polar surface area (TPSA) is 96.0 Å². The molecule has 4 rings (SSSR count). The van der Waals surface area contributed by atoms with E-state index in [-0.39, 0.29) is 17.8 Å². The van der Waals surface area contributed by atoms with Crippen LogP contribution in [0.25, 0.3) is 10.2 Å². The molecule has 9 heteroatoms. The Morgan fingerprint density at radius 2 is 2.00 bits per heavy atom. The quantitative estimate of drug-likeness (QED) is 0.386. The SMILES string of the molecule is C#CCn1c(=NC(=O)c2ccccc2[N+](=O)[O-])sc2cc3c(cc21)OCCO3. The van der Waals surface area contributed by atoms with Crippen LogP contribution in [-0.4, -0.2) is 28.6 Å². The summed E-state index contributed by atoms with van der Waals surface area (Å²) in [7, 11) is 0. The number of carbonyl (C=O) groups excluding carboxylic acids is 1. The van der Waals surface area contributed by atoms with Crippen LogP contribution in [0.2, 0.25) is 0 Å². The molecule has 0 radical (unpaired) electrons. The number of nitrogens with zero attached hydrogens (tertiary/aromatic N) is 3. The first kappa shape index (κ1) is 17.8. The second kappa shape index (κ2) is 7.17. The van der Waals surface area contributed by atoms with Gasteiger partial charge in [0.25, 0.3) is 11.6 Å². The average Bonchev–Trinajstić information content (AvgIpc) is 3.02. The van der Waals surface area contributed by atoms with Crippen LogP contribution in [-0.2, 0) is 6.54 Å². The number of nitro groups is 1. The van der Waals surface area contributed by atoms with Crippen molar-refractivity contribution >= 4 is 33.1 Å². The molecule has 1 aliphatic rings. The first-order valence-electron chi connectivity index (χ1n) is 8.27. The second-order valence-electron chi connectivity index (χ2n) is 5.83. The second-order valence-corrected chi connectivity index (χ2v) is 6.84. The summed E-state index contributed by atoms with van der Waals surface area (Å²) in [5.41, 5.74) is 0.377. The molecule has 2 aromatic carbocycles. The lowest BCUT2D eigenvalue weighted by molar-refractivity contribution is -0.385. The molecular weight excluding hydrogens is 382 g/mol. The van der Waals surface area contributed by atoms with Crippen molar-refractivity contribution in [1.82, 2.24) is 4.57 Å². The average molecular weight is 395 g/mol. The highest BCUT2D eigenvalue weighted by molar-refractivity contribution is 7.16. The lowest BCUT2D eigenvalue weighted by Crippen LogP contribution is -2.17. The van der Waals surface area contributed by atoms with E-state index in [9.17, 15) is 14.9 Å². The molecule has 8 nitrogen and oxygen atoms in total. The van der Waals surface area contributed by atoms with Crippen molar-refractivity contribution < 1.29 is 19.2 Å². The molecule has 28 heavy (non-hydrogen) atoms. The summed E-state index contributed by atoms with van der Waals surface area (Å²) in [4.78, 5) is 27.7. The van der Waals surface area contributed by atoms with Gasteiger partial charge in [-0.05, 0) is 6.07 Å². The van der Waals surface area contributed by atoms with Crippen LogP contribution >= 0.6 is 11.3 Å². The third-order valence-electron chi connectivity index (χ3n) is 4.12. The Morgan fingerprint density at radius 3 is 2.71 bits per heavy atom. The van der Waals surface area contributed by atoms with E-state index in [2.05, 4.69) is 10.9 Å². The van der Waals surface area contributed by atoms with Gasteiger partial charge in [-0.2, -0.15) is 4.99 Å². The Hall–Kier alpha value is -3.64. The monoisotopic (exact) mass is 395 g/mol. The molecule has 0 N–H and O–H groups in total. The Labute approximate surface area is 162 Å². The summed E-state index contributed by atoms with van der Waals surface area (Å²) >= 11 is 1.25. The fraction of sp³-hybridized carbons (Fsp3) is 0.158. The van der Waals surface area contributed by atoms with E-state index in [1.165, 1.54) is 29.5 Å². The van der Waals surface area contributed by atoms with Crippen molar-refractivity contribution in [2.24, 2.45) is 4.99 Å². The Morgan fingerprint density at radius 1 is 1.29 bits per heavy atom. The third kappa shape index (κ3) is 3.10. The predicted molar refractivity (Wildman–Crippen MR) is 103 cm³/mol. The first-order valence-corrected chi connectivity index (χ1v) is 9.09. The molecule has 0 aliphatic carbocycles. The van der Waals surface area contributed by atoms with E-state index in [0.717, 1.165) is 10.2 Å². The Kier molecular flexibility index (Phi) is 4.55. The number of nitro benzene ring substituents is 1. The molecule has 3 aromatic rings. The number of terminal acetylenes is 1. The molecule has 0 saturated heterocycles. The summed E-state index contributed by atoms with van der Waals surface area (Å²) in [6, 6.07) is 9.31. The van der Waals surface area contributed by atoms with Crippen LogP contribution in [0, 0.1) is 22.5 Å². The zero-order valence-electron chi connectivity index (χ0n) is 14.5. The van der Waals surface area contributed by atoms with E-state index in [1.54, 1.807) is 16.7 Å². The van der Waals surface area contributed by atoms with Crippen LogP contribution < -0.4 is 14.3 Å². The van der Waals surface area contributed by atoms with Crippen molar-refractivity contribution in [2.75, 3.05) is 13.2 Å². The summed E-state index contributed by atoms with van der Waals surface area (Å²) in [5.74, 6) is 3.05. The number of aromatic nitrogens is 1. The fourth-order valence-electron chi connectivity index (χ4n) is 2.90. The van der Waals surface area contributed by atoms with Gasteiger partial charge in [-0.25, -0.2) is 0 Å². The lowest BCUT2D eigenvalue weighted by Gasteiger charge is -2.18. The number of amides is 1. The zero-order chi connectivity index (χ0) is 19.7. The van der Waals surface area contributed by atoms with Crippen molar-refractivity contribution in [3.05, 3.63) is 56.9 Å². The number of carbonyl (C=O) groups is 1. The molecular formula is C19H13N3O5S. The standard InChI is InChI=1S/C19H13N3O5S/c1-2-7-21-14-10-15-16(27-9-8-26-15)11-17(14)28-19(21)20-18(23)12-5-3-4-6-13(12)22(24)25/h1,3-6,10-11H,7-9H2. The summed E-state index contributed by atoms with van der Waals surface area (Å²) in [5, 5.41) is 11.2. The minimum atomic E-state index is -0.707. The van der Waals surface area contributed by atoms with Crippen LogP contribution in [0.5, 0.6) is 11.5 Å². The van der Waals surface area contributed by atoms with Gasteiger partial charge in [0.1, 0.15) is 18.8 Å². The number of ether oxygens (including phenoxy) is 2. The normalized spacial score (nSPS) is 13.3. The zero-order valence-corrected chi connectivity index (χ0v) is 15.3. The number of hydrogen-bond acceptors (Lipinski definition) is 6. The predicted octanol–water partition coefficient (Wildman–Crippen LogP) is 2.76. The number of thiazole rings is 1. The molecule has 140 valence electrons. The fourth-order valence-corrected chi connectivity index (χ4v) is 3.93. The van der Waals surface area contributed by atoms with Gasteiger partial charge in [0.05, 0.1) is 21.7 Å². The van der Waals surface area contributed by atoms with Gasteiger partial charge in [0, 0.05) is 18.2 Å². The molecule has 2 heterocycles. The molecule has 0 saturated carbocycles. The van der Waals surface area contributed by atoms with Crippen molar-refractivity contribution in [2.45, 2.75) is 6.54 Å². The summed E-state index contributed by atoms with van der Waals surface area (Å²) < 4.78 is 13.7. The Balaban J connectivity index is 1.88. The maximum atomic E-state index is 12.7. The smallest absolute Gasteiger partial charge is 0.286 e. The third-order valence-corrected chi connectivity index (χ3v) is 5.17. The van der Waals surface area contributed by atoms with Crippen molar-refractivity contribution in [1.29, 1.82) is 0 Å². The highest BCUT2D eigenvalue weighted by Gasteiger charge is 2.20. The number of benzene rings is 2. The van der Waals surface area contributed by atoms with Gasteiger partial charge in [0.15, 0.2) is 16.3 Å². The number of hydrogen-bond donors (Lipinski definition) is 0. The first-order chi connectivity index (χ1) is 13.6. The highest BCUT2D eigenvalue weighted by Crippen LogP contribution is 2.35. The van der Waals surface area contributed by atoms with Crippen LogP contribution in [0.4, 0.5) is 5.69 Å². The lowest BCUT2D eigenvalue weighted by atomic mass is 10.2. The van der Waals surface area contributed by atoms with E-state index >= 15 is 0 Å². The number of fused-ring (bicyclic) bond motifs is 2. The molecule has 0 fully saturated rings. The van der Waals surface area contributed by atoms with E-state index in [0.29, 0.717) is 29.5 Å². The van der Waals surface area contributed by atoms with Gasteiger partial charge in [0.2, 0.25) is 0 Å². The van der Waals surface area contributed by atoms with Gasteiger partial charge in [-0.3, -0.25) is 14.9 Å². The van der Waals surface area contributed by atoms with Gasteiger partial charge in [-0.15, -0.1) is 6.42 Å². The number of rotatable bonds is 3. The summed E-state index contributed by atoms with van der Waals surface area (Å²) in [6.45, 7) is 1.09. The molecule has 0 bridgehead atoms. The van der Waals surface area contributed by atoms with Crippen LogP contribution in [0.1, 0.15) is 10.4 Å². The van der Waals surface area contributed by atoms with Gasteiger partial charge >= 0.3 is 0 Å². The van der Waals surface area contributed by atoms with E-state index in [1.807, 2.05) is 6.07 Å². The van der Waals surface area contributed by atoms with Crippen LogP contribution in [0.15, 0.2) is 41.4 Å². The summed E-state index contributed by atoms with van der Waals surface area (Å²) in [6.07, 6.45) is 5.49. The maximum Gasteiger partial charge on any atom is 0.286 e. The molecule has 0 unspecified atom stereocenters. The van der Waals surface area contributed by atoms with E-state index < -0.39 is 10.8 Å². The van der Waals surface area contributed by atoms with E-state index in [4.69, 9.17) is 15.9 Å². The number of para-hydroxylation sites is 1. The maximum absolute atomic E-state index is 12.7. The van der Waals surface area contributed by atoms with Gasteiger partial charge < -0.3 is 14.0 Å². The molecule has 1 aromatic heterocycles.